The molecule has 4 rings (SSSR count). The van der Waals surface area contributed by atoms with E-state index >= 15 is 0 Å². The van der Waals surface area contributed by atoms with Crippen LogP contribution in [0.2, 0.25) is 5.15 Å². The fourth-order valence-corrected chi connectivity index (χ4v) is 3.67. The smallest absolute Gasteiger partial charge is 0.338 e. The van der Waals surface area contributed by atoms with Gasteiger partial charge in [-0.25, -0.2) is 19.7 Å². The van der Waals surface area contributed by atoms with Gasteiger partial charge in [-0.3, -0.25) is 9.36 Å². The molecule has 1 aliphatic heterocycles. The Morgan fingerprint density at radius 1 is 1.16 bits per heavy atom. The maximum atomic E-state index is 12.3. The minimum Gasteiger partial charge on any atom is -0.459 e. The van der Waals surface area contributed by atoms with Gasteiger partial charge < -0.3 is 18.9 Å². The summed E-state index contributed by atoms with van der Waals surface area (Å²) in [6.45, 7) is 1.18. The van der Waals surface area contributed by atoms with E-state index in [4.69, 9.17) is 30.5 Å². The van der Waals surface area contributed by atoms with Gasteiger partial charge in [0.05, 0.1) is 11.9 Å². The van der Waals surface area contributed by atoms with Crippen LogP contribution in [0, 0.1) is 0 Å². The largest absolute Gasteiger partial charge is 0.459 e. The van der Waals surface area contributed by atoms with Crippen LogP contribution in [0.25, 0.3) is 11.2 Å². The van der Waals surface area contributed by atoms with E-state index in [9.17, 15) is 9.59 Å². The third-order valence-electron chi connectivity index (χ3n) is 4.84. The molecule has 11 heteroatoms. The second-order valence-corrected chi connectivity index (χ2v) is 7.15. The van der Waals surface area contributed by atoms with Crippen LogP contribution in [-0.4, -0.2) is 63.5 Å². The van der Waals surface area contributed by atoms with Crippen molar-refractivity contribution in [3.63, 3.8) is 0 Å². The molecule has 10 nitrogen and oxygen atoms in total. The molecule has 1 saturated heterocycles. The molecule has 2 aromatic heterocycles. The Kier molecular flexibility index (Phi) is 6.12. The third kappa shape index (κ3) is 4.22. The van der Waals surface area contributed by atoms with Gasteiger partial charge in [-0.2, -0.15) is 0 Å². The molecule has 0 radical (unpaired) electrons. The molecule has 162 valence electrons. The summed E-state index contributed by atoms with van der Waals surface area (Å²) in [7, 11) is 1.46. The fraction of sp³-hybridized carbons (Fsp3) is 0.350. The quantitative estimate of drug-likeness (QED) is 0.415. The number of carbonyl (C=O) groups excluding carboxylic acids is 2. The topological polar surface area (TPSA) is 115 Å². The molecule has 1 fully saturated rings. The summed E-state index contributed by atoms with van der Waals surface area (Å²) in [5.74, 6) is -1.01. The molecule has 31 heavy (non-hydrogen) atoms. The van der Waals surface area contributed by atoms with E-state index in [1.165, 1.54) is 26.7 Å². The van der Waals surface area contributed by atoms with Crippen molar-refractivity contribution in [3.05, 3.63) is 53.7 Å². The van der Waals surface area contributed by atoms with Crippen LogP contribution < -0.4 is 0 Å². The molecule has 0 N–H and O–H groups in total. The van der Waals surface area contributed by atoms with Gasteiger partial charge in [0, 0.05) is 14.0 Å². The Balaban J connectivity index is 1.59. The van der Waals surface area contributed by atoms with Crippen molar-refractivity contribution >= 4 is 34.7 Å². The van der Waals surface area contributed by atoms with Gasteiger partial charge >= 0.3 is 11.9 Å². The number of hydrogen-bond acceptors (Lipinski definition) is 9. The summed E-state index contributed by atoms with van der Waals surface area (Å²) in [4.78, 5) is 36.4. The van der Waals surface area contributed by atoms with Crippen molar-refractivity contribution in [2.45, 2.75) is 31.5 Å². The molecule has 4 atom stereocenters. The lowest BCUT2D eigenvalue weighted by Gasteiger charge is -2.23. The number of methoxy groups -OCH3 is 1. The number of esters is 2. The van der Waals surface area contributed by atoms with Crippen LogP contribution in [0.15, 0.2) is 43.0 Å². The summed E-state index contributed by atoms with van der Waals surface area (Å²) >= 11 is 6.09. The van der Waals surface area contributed by atoms with E-state index in [2.05, 4.69) is 15.0 Å². The third-order valence-corrected chi connectivity index (χ3v) is 5.11. The lowest BCUT2D eigenvalue weighted by molar-refractivity contribution is -0.156. The highest BCUT2D eigenvalue weighted by atomic mass is 35.5. The van der Waals surface area contributed by atoms with E-state index in [0.29, 0.717) is 16.7 Å². The van der Waals surface area contributed by atoms with Gasteiger partial charge in [0.15, 0.2) is 23.1 Å². The minimum atomic E-state index is -0.839. The van der Waals surface area contributed by atoms with Crippen molar-refractivity contribution in [1.82, 2.24) is 19.5 Å². The van der Waals surface area contributed by atoms with Gasteiger partial charge in [-0.1, -0.05) is 29.8 Å². The van der Waals surface area contributed by atoms with Crippen molar-refractivity contribution in [1.29, 1.82) is 0 Å². The molecular formula is C20H19ClN4O6. The molecule has 1 aliphatic rings. The monoisotopic (exact) mass is 446 g/mol. The average molecular weight is 447 g/mol. The van der Waals surface area contributed by atoms with Crippen molar-refractivity contribution < 1.29 is 28.5 Å². The molecule has 3 heterocycles. The maximum absolute atomic E-state index is 12.3. The van der Waals surface area contributed by atoms with Gasteiger partial charge in [-0.05, 0) is 12.1 Å². The van der Waals surface area contributed by atoms with E-state index in [1.807, 2.05) is 0 Å². The van der Waals surface area contributed by atoms with E-state index in [-0.39, 0.29) is 11.8 Å². The number of imidazole rings is 1. The molecular weight excluding hydrogens is 428 g/mol. The molecule has 0 aliphatic carbocycles. The van der Waals surface area contributed by atoms with E-state index < -0.39 is 36.5 Å². The van der Waals surface area contributed by atoms with E-state index in [0.717, 1.165) is 0 Å². The number of ether oxygens (including phenoxy) is 4. The predicted octanol–water partition coefficient (Wildman–Crippen LogP) is 2.18. The predicted molar refractivity (Wildman–Crippen MR) is 107 cm³/mol. The first-order valence-corrected chi connectivity index (χ1v) is 9.78. The van der Waals surface area contributed by atoms with Crippen LogP contribution in [0.4, 0.5) is 0 Å². The molecule has 3 aromatic rings. The Hall–Kier alpha value is -3.08. The second-order valence-electron chi connectivity index (χ2n) is 6.79. The summed E-state index contributed by atoms with van der Waals surface area (Å²) in [6.07, 6.45) is -0.309. The van der Waals surface area contributed by atoms with Crippen molar-refractivity contribution in [2.24, 2.45) is 0 Å². The molecule has 0 amide bonds. The van der Waals surface area contributed by atoms with Gasteiger partial charge in [-0.15, -0.1) is 0 Å². The second kappa shape index (κ2) is 8.96. The van der Waals surface area contributed by atoms with Crippen molar-refractivity contribution in [3.8, 4) is 0 Å². The zero-order valence-electron chi connectivity index (χ0n) is 16.7. The molecule has 0 saturated carbocycles. The highest BCUT2D eigenvalue weighted by Gasteiger charge is 2.49. The lowest BCUT2D eigenvalue weighted by Crippen LogP contribution is -2.38. The molecule has 0 bridgehead atoms. The number of aromatic nitrogens is 4. The number of halogens is 1. The zero-order valence-corrected chi connectivity index (χ0v) is 17.4. The molecule has 0 spiro atoms. The molecule has 1 unspecified atom stereocenters. The highest BCUT2D eigenvalue weighted by Crippen LogP contribution is 2.36. The van der Waals surface area contributed by atoms with Crippen molar-refractivity contribution in [2.75, 3.05) is 13.7 Å². The van der Waals surface area contributed by atoms with Crippen LogP contribution in [0.5, 0.6) is 0 Å². The standard InChI is InChI=1S/C20H19ClN4O6/c1-11(26)30-16-15(28-2)13(8-29-20(27)12-6-4-3-5-7-12)31-19(16)25-10-24-14-17(21)22-9-23-18(14)25/h3-7,9-10,13,15-16,19H,8H2,1-2H3/t13-,15?,16+,19-/m1/s1. The van der Waals surface area contributed by atoms with Crippen LogP contribution in [0.3, 0.4) is 0 Å². The summed E-state index contributed by atoms with van der Waals surface area (Å²) < 4.78 is 24.1. The van der Waals surface area contributed by atoms with Crippen LogP contribution in [-0.2, 0) is 23.7 Å². The number of rotatable bonds is 6. The Bertz CT molecular complexity index is 1090. The first kappa shape index (κ1) is 21.2. The number of carbonyl (C=O) groups is 2. The van der Waals surface area contributed by atoms with Crippen LogP contribution >= 0.6 is 11.6 Å². The summed E-state index contributed by atoms with van der Waals surface area (Å²) in [5, 5.41) is 0.183. The number of benzene rings is 1. The van der Waals surface area contributed by atoms with Gasteiger partial charge in [0.25, 0.3) is 0 Å². The lowest BCUT2D eigenvalue weighted by atomic mass is 10.1. The van der Waals surface area contributed by atoms with Gasteiger partial charge in [0.2, 0.25) is 0 Å². The number of fused-ring (bicyclic) bond motifs is 1. The summed E-state index contributed by atoms with van der Waals surface area (Å²) in [6, 6.07) is 8.58. The molecule has 1 aromatic carbocycles. The fourth-order valence-electron chi connectivity index (χ4n) is 3.49. The summed E-state index contributed by atoms with van der Waals surface area (Å²) in [5.41, 5.74) is 1.19. The van der Waals surface area contributed by atoms with E-state index in [1.54, 1.807) is 34.9 Å². The van der Waals surface area contributed by atoms with Gasteiger partial charge in [0.1, 0.15) is 30.7 Å². The average Bonchev–Trinajstić information content (AvgIpc) is 3.34. The van der Waals surface area contributed by atoms with Crippen LogP contribution in [0.1, 0.15) is 23.5 Å². The first-order valence-electron chi connectivity index (χ1n) is 9.40. The number of nitrogens with zero attached hydrogens (tertiary/aromatic N) is 4. The Labute approximate surface area is 182 Å². The normalized spacial score (nSPS) is 23.1. The SMILES string of the molecule is COC1[C@@H](COC(=O)c2ccccc2)O[C@@H](n2cnc3c(Cl)ncnc32)[C@H]1OC(C)=O. The maximum Gasteiger partial charge on any atom is 0.338 e. The first-order chi connectivity index (χ1) is 15.0. The number of hydrogen-bond donors (Lipinski definition) is 0. The Morgan fingerprint density at radius 2 is 1.94 bits per heavy atom. The minimum absolute atomic E-state index is 0.108. The Morgan fingerprint density at radius 3 is 2.65 bits per heavy atom. The zero-order chi connectivity index (χ0) is 22.0. The highest BCUT2D eigenvalue weighted by molar-refractivity contribution is 6.33.